The molecule has 5 nitrogen and oxygen atoms in total. The van der Waals surface area contributed by atoms with Gasteiger partial charge in [-0.25, -0.2) is 8.42 Å². The molecule has 0 aliphatic carbocycles. The number of nitrogens with one attached hydrogen (secondary N) is 1. The molecule has 0 spiro atoms. The van der Waals surface area contributed by atoms with E-state index in [2.05, 4.69) is 5.32 Å². The second-order valence-electron chi connectivity index (χ2n) is 6.07. The number of nitrogens with zero attached hydrogens (tertiary/aromatic N) is 1. The van der Waals surface area contributed by atoms with Crippen LogP contribution >= 0.6 is 12.4 Å². The maximum Gasteiger partial charge on any atom is 0.243 e. The molecular formula is C18H25ClN2O3S. The number of fused-ring (bicyclic) bond motifs is 1. The van der Waals surface area contributed by atoms with Crippen LogP contribution in [-0.4, -0.2) is 45.5 Å². The number of methoxy groups -OCH3 is 1. The van der Waals surface area contributed by atoms with Crippen LogP contribution in [0.2, 0.25) is 0 Å². The van der Waals surface area contributed by atoms with Gasteiger partial charge in [0, 0.05) is 29.9 Å². The highest BCUT2D eigenvalue weighted by Crippen LogP contribution is 2.33. The highest BCUT2D eigenvalue weighted by molar-refractivity contribution is 7.89. The zero-order chi connectivity index (χ0) is 17.2. The first kappa shape index (κ1) is 20.0. The number of halogens is 1. The van der Waals surface area contributed by atoms with E-state index in [1.165, 1.54) is 0 Å². The first-order chi connectivity index (χ1) is 11.6. The maximum absolute atomic E-state index is 13.4. The van der Waals surface area contributed by atoms with Crippen molar-refractivity contribution in [3.05, 3.63) is 36.4 Å². The van der Waals surface area contributed by atoms with E-state index in [0.29, 0.717) is 29.1 Å². The van der Waals surface area contributed by atoms with Crippen molar-refractivity contribution in [3.8, 4) is 5.75 Å². The predicted octanol–water partition coefficient (Wildman–Crippen LogP) is 3.03. The van der Waals surface area contributed by atoms with E-state index in [0.717, 1.165) is 24.8 Å². The van der Waals surface area contributed by atoms with Crippen LogP contribution in [0.25, 0.3) is 10.8 Å². The van der Waals surface area contributed by atoms with Gasteiger partial charge in [-0.05, 0) is 31.5 Å². The third kappa shape index (κ3) is 3.77. The highest BCUT2D eigenvalue weighted by atomic mass is 35.5. The van der Waals surface area contributed by atoms with Gasteiger partial charge in [0.15, 0.2) is 0 Å². The Hall–Kier alpha value is -1.34. The smallest absolute Gasteiger partial charge is 0.243 e. The van der Waals surface area contributed by atoms with Gasteiger partial charge in [-0.2, -0.15) is 4.31 Å². The first-order valence-electron chi connectivity index (χ1n) is 8.38. The average molecular weight is 385 g/mol. The zero-order valence-corrected chi connectivity index (χ0v) is 16.2. The summed E-state index contributed by atoms with van der Waals surface area (Å²) in [6, 6.07) is 10.9. The second kappa shape index (κ2) is 8.36. The van der Waals surface area contributed by atoms with Gasteiger partial charge in [-0.1, -0.05) is 31.2 Å². The molecular weight excluding hydrogens is 360 g/mol. The van der Waals surface area contributed by atoms with Crippen molar-refractivity contribution in [2.24, 2.45) is 0 Å². The van der Waals surface area contributed by atoms with Crippen LogP contribution in [0.5, 0.6) is 5.75 Å². The van der Waals surface area contributed by atoms with Gasteiger partial charge < -0.3 is 10.1 Å². The summed E-state index contributed by atoms with van der Waals surface area (Å²) in [6.45, 7) is 4.13. The molecule has 1 fully saturated rings. The molecule has 0 aromatic heterocycles. The molecule has 138 valence electrons. The molecule has 0 radical (unpaired) electrons. The lowest BCUT2D eigenvalue weighted by atomic mass is 10.1. The monoisotopic (exact) mass is 384 g/mol. The Bertz CT molecular complexity index is 820. The molecule has 1 atom stereocenters. The fourth-order valence-electron chi connectivity index (χ4n) is 3.38. The molecule has 7 heteroatoms. The SMILES string of the molecule is CCCN(C1CCNC1)S(=O)(=O)c1ccc(OC)c2ccccc12.Cl. The van der Waals surface area contributed by atoms with Gasteiger partial charge in [0.05, 0.1) is 12.0 Å². The van der Waals surface area contributed by atoms with E-state index in [1.54, 1.807) is 23.5 Å². The minimum absolute atomic E-state index is 0. The normalized spacial score (nSPS) is 17.6. The van der Waals surface area contributed by atoms with Crippen LogP contribution in [0.1, 0.15) is 19.8 Å². The number of rotatable bonds is 6. The molecule has 2 aromatic rings. The lowest BCUT2D eigenvalue weighted by molar-refractivity contribution is 0.335. The topological polar surface area (TPSA) is 58.6 Å². The van der Waals surface area contributed by atoms with E-state index in [4.69, 9.17) is 4.74 Å². The van der Waals surface area contributed by atoms with Crippen LogP contribution in [0, 0.1) is 0 Å². The Morgan fingerprint density at radius 1 is 1.20 bits per heavy atom. The van der Waals surface area contributed by atoms with Crippen LogP contribution in [0.15, 0.2) is 41.3 Å². The van der Waals surface area contributed by atoms with Crippen LogP contribution in [-0.2, 0) is 10.0 Å². The number of hydrogen-bond donors (Lipinski definition) is 1. The summed E-state index contributed by atoms with van der Waals surface area (Å²) in [5.41, 5.74) is 0. The third-order valence-electron chi connectivity index (χ3n) is 4.54. The quantitative estimate of drug-likeness (QED) is 0.831. The summed E-state index contributed by atoms with van der Waals surface area (Å²) < 4.78 is 33.8. The summed E-state index contributed by atoms with van der Waals surface area (Å²) >= 11 is 0. The Morgan fingerprint density at radius 3 is 2.52 bits per heavy atom. The first-order valence-corrected chi connectivity index (χ1v) is 9.82. The van der Waals surface area contributed by atoms with Gasteiger partial charge >= 0.3 is 0 Å². The summed E-state index contributed by atoms with van der Waals surface area (Å²) in [7, 11) is -1.96. The van der Waals surface area contributed by atoms with Crippen molar-refractivity contribution < 1.29 is 13.2 Å². The molecule has 1 N–H and O–H groups in total. The molecule has 0 amide bonds. The van der Waals surface area contributed by atoms with Gasteiger partial charge in [0.25, 0.3) is 0 Å². The summed E-state index contributed by atoms with van der Waals surface area (Å²) in [6.07, 6.45) is 1.65. The van der Waals surface area contributed by atoms with Crippen LogP contribution < -0.4 is 10.1 Å². The number of benzene rings is 2. The molecule has 1 aliphatic heterocycles. The Morgan fingerprint density at radius 2 is 1.92 bits per heavy atom. The summed E-state index contributed by atoms with van der Waals surface area (Å²) in [4.78, 5) is 0.360. The number of sulfonamides is 1. The third-order valence-corrected chi connectivity index (χ3v) is 6.55. The van der Waals surface area contributed by atoms with Gasteiger partial charge in [0.2, 0.25) is 10.0 Å². The lowest BCUT2D eigenvalue weighted by Crippen LogP contribution is -2.42. The average Bonchev–Trinajstić information content (AvgIpc) is 3.12. The van der Waals surface area contributed by atoms with Crippen LogP contribution in [0.4, 0.5) is 0 Å². The standard InChI is InChI=1S/C18H24N2O3S.ClH/c1-3-12-20(14-10-11-19-13-14)24(21,22)18-9-8-17(23-2)15-6-4-5-7-16(15)18;/h4-9,14,19H,3,10-13H2,1-2H3;1H. The van der Waals surface area contributed by atoms with Crippen molar-refractivity contribution in [1.82, 2.24) is 9.62 Å². The number of ether oxygens (including phenoxy) is 1. The van der Waals surface area contributed by atoms with Crippen molar-refractivity contribution in [1.29, 1.82) is 0 Å². The van der Waals surface area contributed by atoms with E-state index in [1.807, 2.05) is 31.2 Å². The lowest BCUT2D eigenvalue weighted by Gasteiger charge is -2.28. The molecule has 1 heterocycles. The minimum Gasteiger partial charge on any atom is -0.496 e. The van der Waals surface area contributed by atoms with E-state index in [9.17, 15) is 8.42 Å². The Kier molecular flexibility index (Phi) is 6.68. The largest absolute Gasteiger partial charge is 0.496 e. The maximum atomic E-state index is 13.4. The van der Waals surface area contributed by atoms with Crippen molar-refractivity contribution >= 4 is 33.2 Å². The predicted molar refractivity (Wildman–Crippen MR) is 103 cm³/mol. The molecule has 25 heavy (non-hydrogen) atoms. The van der Waals surface area contributed by atoms with Gasteiger partial charge in [0.1, 0.15) is 5.75 Å². The van der Waals surface area contributed by atoms with E-state index < -0.39 is 10.0 Å². The zero-order valence-electron chi connectivity index (χ0n) is 14.6. The summed E-state index contributed by atoms with van der Waals surface area (Å²) in [5, 5.41) is 4.80. The molecule has 1 unspecified atom stereocenters. The van der Waals surface area contributed by atoms with Crippen molar-refractivity contribution in [2.75, 3.05) is 26.7 Å². The van der Waals surface area contributed by atoms with Gasteiger partial charge in [-0.3, -0.25) is 0 Å². The molecule has 1 saturated heterocycles. The molecule has 1 aliphatic rings. The molecule has 0 bridgehead atoms. The minimum atomic E-state index is -3.56. The highest BCUT2D eigenvalue weighted by Gasteiger charge is 2.33. The fraction of sp³-hybridized carbons (Fsp3) is 0.444. The van der Waals surface area contributed by atoms with Gasteiger partial charge in [-0.15, -0.1) is 12.4 Å². The number of hydrogen-bond acceptors (Lipinski definition) is 4. The van der Waals surface area contributed by atoms with E-state index in [-0.39, 0.29) is 18.4 Å². The van der Waals surface area contributed by atoms with Crippen molar-refractivity contribution in [2.45, 2.75) is 30.7 Å². The van der Waals surface area contributed by atoms with E-state index >= 15 is 0 Å². The van der Waals surface area contributed by atoms with Crippen molar-refractivity contribution in [3.63, 3.8) is 0 Å². The van der Waals surface area contributed by atoms with Crippen LogP contribution in [0.3, 0.4) is 0 Å². The Balaban J connectivity index is 0.00000225. The second-order valence-corrected chi connectivity index (χ2v) is 7.93. The molecule has 3 rings (SSSR count). The Labute approximate surface area is 155 Å². The molecule has 0 saturated carbocycles. The fourth-order valence-corrected chi connectivity index (χ4v) is 5.32. The molecule has 2 aromatic carbocycles. The summed E-state index contributed by atoms with van der Waals surface area (Å²) in [5.74, 6) is 0.689.